The lowest BCUT2D eigenvalue weighted by Gasteiger charge is -2.18. The Labute approximate surface area is 100 Å². The van der Waals surface area contributed by atoms with Crippen molar-refractivity contribution in [2.45, 2.75) is 19.4 Å². The molecule has 0 saturated carbocycles. The van der Waals surface area contributed by atoms with Gasteiger partial charge in [-0.05, 0) is 12.7 Å². The molecule has 0 aromatic carbocycles. The second kappa shape index (κ2) is 6.42. The van der Waals surface area contributed by atoms with Gasteiger partial charge >= 0.3 is 0 Å². The standard InChI is InChI=1S/C10H18N4OS/c1-4-7(5-16-3)14-10-8(15-2)9(11)12-6-13-10/h6-7H,4-5H2,1-3H3,(H3,11,12,13,14). The van der Waals surface area contributed by atoms with Crippen LogP contribution in [0.5, 0.6) is 5.75 Å². The summed E-state index contributed by atoms with van der Waals surface area (Å²) in [6.07, 6.45) is 4.54. The van der Waals surface area contributed by atoms with Crippen LogP contribution in [0.2, 0.25) is 0 Å². The number of thioether (sulfide) groups is 1. The number of nitrogens with zero attached hydrogens (tertiary/aromatic N) is 2. The maximum Gasteiger partial charge on any atom is 0.203 e. The first-order valence-electron chi connectivity index (χ1n) is 5.12. The Kier molecular flexibility index (Phi) is 5.18. The molecule has 1 atom stereocenters. The van der Waals surface area contributed by atoms with Gasteiger partial charge < -0.3 is 15.8 Å². The first-order valence-corrected chi connectivity index (χ1v) is 6.52. The van der Waals surface area contributed by atoms with E-state index in [1.807, 2.05) is 0 Å². The van der Waals surface area contributed by atoms with Gasteiger partial charge in [-0.3, -0.25) is 0 Å². The summed E-state index contributed by atoms with van der Waals surface area (Å²) >= 11 is 1.79. The fourth-order valence-electron chi connectivity index (χ4n) is 1.35. The van der Waals surface area contributed by atoms with Crippen LogP contribution < -0.4 is 15.8 Å². The number of nitrogens with one attached hydrogen (secondary N) is 1. The molecule has 16 heavy (non-hydrogen) atoms. The number of methoxy groups -OCH3 is 1. The average Bonchev–Trinajstić information content (AvgIpc) is 2.28. The van der Waals surface area contributed by atoms with E-state index in [2.05, 4.69) is 28.5 Å². The fourth-order valence-corrected chi connectivity index (χ4v) is 2.07. The summed E-state index contributed by atoms with van der Waals surface area (Å²) in [5, 5.41) is 3.31. The molecule has 0 fully saturated rings. The van der Waals surface area contributed by atoms with E-state index in [9.17, 15) is 0 Å². The molecule has 1 rings (SSSR count). The van der Waals surface area contributed by atoms with Crippen molar-refractivity contribution in [2.24, 2.45) is 0 Å². The smallest absolute Gasteiger partial charge is 0.203 e. The van der Waals surface area contributed by atoms with Gasteiger partial charge in [0.05, 0.1) is 7.11 Å². The first-order chi connectivity index (χ1) is 7.72. The van der Waals surface area contributed by atoms with Crippen LogP contribution >= 0.6 is 11.8 Å². The highest BCUT2D eigenvalue weighted by Crippen LogP contribution is 2.27. The van der Waals surface area contributed by atoms with E-state index >= 15 is 0 Å². The van der Waals surface area contributed by atoms with Crippen molar-refractivity contribution < 1.29 is 4.74 Å². The monoisotopic (exact) mass is 242 g/mol. The predicted molar refractivity (Wildman–Crippen MR) is 69.1 cm³/mol. The zero-order chi connectivity index (χ0) is 12.0. The molecule has 0 bridgehead atoms. The van der Waals surface area contributed by atoms with E-state index < -0.39 is 0 Å². The number of aromatic nitrogens is 2. The number of nitrogens with two attached hydrogens (primary N) is 1. The van der Waals surface area contributed by atoms with Crippen molar-refractivity contribution in [3.05, 3.63) is 6.33 Å². The summed E-state index contributed by atoms with van der Waals surface area (Å²) < 4.78 is 5.18. The Morgan fingerprint density at radius 3 is 2.88 bits per heavy atom. The van der Waals surface area contributed by atoms with E-state index in [1.165, 1.54) is 6.33 Å². The molecular formula is C10H18N4OS. The van der Waals surface area contributed by atoms with Crippen LogP contribution in [0.15, 0.2) is 6.33 Å². The van der Waals surface area contributed by atoms with Gasteiger partial charge in [-0.25, -0.2) is 9.97 Å². The highest BCUT2D eigenvalue weighted by molar-refractivity contribution is 7.98. The molecule has 0 aliphatic rings. The van der Waals surface area contributed by atoms with Gasteiger partial charge in [-0.15, -0.1) is 0 Å². The van der Waals surface area contributed by atoms with Gasteiger partial charge in [0.1, 0.15) is 6.33 Å². The predicted octanol–water partition coefficient (Wildman–Crippen LogP) is 1.62. The number of rotatable bonds is 6. The fraction of sp³-hybridized carbons (Fsp3) is 0.600. The van der Waals surface area contributed by atoms with Crippen molar-refractivity contribution in [3.8, 4) is 5.75 Å². The number of anilines is 2. The van der Waals surface area contributed by atoms with Crippen molar-refractivity contribution in [1.82, 2.24) is 9.97 Å². The summed E-state index contributed by atoms with van der Waals surface area (Å²) in [6, 6.07) is 0.359. The zero-order valence-electron chi connectivity index (χ0n) is 9.86. The minimum Gasteiger partial charge on any atom is -0.490 e. The van der Waals surface area contributed by atoms with Gasteiger partial charge in [0.25, 0.3) is 0 Å². The lowest BCUT2D eigenvalue weighted by Crippen LogP contribution is -2.22. The number of ether oxygens (including phenoxy) is 1. The Bertz CT molecular complexity index is 335. The summed E-state index contributed by atoms with van der Waals surface area (Å²) in [6.45, 7) is 2.13. The van der Waals surface area contributed by atoms with Gasteiger partial charge in [0.15, 0.2) is 11.6 Å². The van der Waals surface area contributed by atoms with Crippen LogP contribution in [0.3, 0.4) is 0 Å². The number of nitrogen functional groups attached to an aromatic ring is 1. The molecule has 1 heterocycles. The van der Waals surface area contributed by atoms with Crippen LogP contribution in [-0.2, 0) is 0 Å². The zero-order valence-corrected chi connectivity index (χ0v) is 10.7. The average molecular weight is 242 g/mol. The lowest BCUT2D eigenvalue weighted by molar-refractivity contribution is 0.414. The molecule has 0 aliphatic carbocycles. The number of hydrogen-bond donors (Lipinski definition) is 2. The molecule has 6 heteroatoms. The molecule has 3 N–H and O–H groups in total. The molecule has 0 saturated heterocycles. The Morgan fingerprint density at radius 2 is 2.31 bits per heavy atom. The van der Waals surface area contributed by atoms with Crippen LogP contribution in [0.4, 0.5) is 11.6 Å². The highest BCUT2D eigenvalue weighted by Gasteiger charge is 2.13. The van der Waals surface area contributed by atoms with Crippen molar-refractivity contribution >= 4 is 23.4 Å². The molecular weight excluding hydrogens is 224 g/mol. The molecule has 1 aromatic rings. The largest absolute Gasteiger partial charge is 0.490 e. The van der Waals surface area contributed by atoms with Crippen molar-refractivity contribution in [2.75, 3.05) is 30.2 Å². The number of hydrogen-bond acceptors (Lipinski definition) is 6. The molecule has 1 unspecified atom stereocenters. The summed E-state index contributed by atoms with van der Waals surface area (Å²) in [4.78, 5) is 8.03. The first kappa shape index (κ1) is 12.9. The van der Waals surface area contributed by atoms with Gasteiger partial charge in [-0.1, -0.05) is 6.92 Å². The molecule has 0 aliphatic heterocycles. The van der Waals surface area contributed by atoms with Crippen LogP contribution in [0.25, 0.3) is 0 Å². The van der Waals surface area contributed by atoms with Gasteiger partial charge in [-0.2, -0.15) is 11.8 Å². The Hall–Kier alpha value is -1.17. The Balaban J connectivity index is 2.82. The van der Waals surface area contributed by atoms with Crippen LogP contribution in [-0.4, -0.2) is 35.1 Å². The normalized spacial score (nSPS) is 12.2. The second-order valence-corrected chi connectivity index (χ2v) is 4.26. The quantitative estimate of drug-likeness (QED) is 0.789. The molecule has 0 spiro atoms. The topological polar surface area (TPSA) is 73.1 Å². The van der Waals surface area contributed by atoms with E-state index in [0.29, 0.717) is 23.4 Å². The minimum atomic E-state index is 0.359. The molecule has 0 radical (unpaired) electrons. The van der Waals surface area contributed by atoms with Crippen molar-refractivity contribution in [3.63, 3.8) is 0 Å². The minimum absolute atomic E-state index is 0.359. The van der Waals surface area contributed by atoms with Gasteiger partial charge in [0.2, 0.25) is 5.75 Å². The van der Waals surface area contributed by atoms with Crippen molar-refractivity contribution in [1.29, 1.82) is 0 Å². The lowest BCUT2D eigenvalue weighted by atomic mass is 10.2. The van der Waals surface area contributed by atoms with Crippen LogP contribution in [0, 0.1) is 0 Å². The molecule has 90 valence electrons. The third-order valence-electron chi connectivity index (χ3n) is 2.24. The SMILES string of the molecule is CCC(CSC)Nc1ncnc(N)c1OC. The third kappa shape index (κ3) is 3.16. The van der Waals surface area contributed by atoms with E-state index in [4.69, 9.17) is 10.5 Å². The maximum atomic E-state index is 5.70. The molecule has 5 nitrogen and oxygen atoms in total. The Morgan fingerprint density at radius 1 is 1.56 bits per heavy atom. The summed E-state index contributed by atoms with van der Waals surface area (Å²) in [5.74, 6) is 2.56. The summed E-state index contributed by atoms with van der Waals surface area (Å²) in [5.41, 5.74) is 5.70. The second-order valence-electron chi connectivity index (χ2n) is 3.35. The van der Waals surface area contributed by atoms with Crippen LogP contribution in [0.1, 0.15) is 13.3 Å². The van der Waals surface area contributed by atoms with Gasteiger partial charge in [0, 0.05) is 11.8 Å². The molecule has 0 amide bonds. The van der Waals surface area contributed by atoms with E-state index in [-0.39, 0.29) is 0 Å². The molecule has 1 aromatic heterocycles. The van der Waals surface area contributed by atoms with E-state index in [1.54, 1.807) is 18.9 Å². The summed E-state index contributed by atoms with van der Waals surface area (Å²) in [7, 11) is 1.57. The van der Waals surface area contributed by atoms with E-state index in [0.717, 1.165) is 12.2 Å². The highest BCUT2D eigenvalue weighted by atomic mass is 32.2. The maximum absolute atomic E-state index is 5.70. The third-order valence-corrected chi connectivity index (χ3v) is 2.97.